The normalized spacial score (nSPS) is 13.4. The summed E-state index contributed by atoms with van der Waals surface area (Å²) in [7, 11) is 0. The van der Waals surface area contributed by atoms with E-state index in [2.05, 4.69) is 43.0 Å². The molecule has 0 fully saturated rings. The maximum atomic E-state index is 3.86. The van der Waals surface area contributed by atoms with Gasteiger partial charge >= 0.3 is 0 Å². The lowest BCUT2D eigenvalue weighted by atomic mass is 10.1. The van der Waals surface area contributed by atoms with Gasteiger partial charge in [0.05, 0.1) is 0 Å². The maximum Gasteiger partial charge on any atom is -0.0138 e. The van der Waals surface area contributed by atoms with E-state index in [1.54, 1.807) is 0 Å². The summed E-state index contributed by atoms with van der Waals surface area (Å²) in [4.78, 5) is 0. The van der Waals surface area contributed by atoms with Crippen LogP contribution in [0.5, 0.6) is 0 Å². The molecule has 8 heavy (non-hydrogen) atoms. The van der Waals surface area contributed by atoms with Gasteiger partial charge in [-0.1, -0.05) is 26.8 Å². The Morgan fingerprint density at radius 1 is 1.75 bits per heavy atom. The second-order valence-corrected chi connectivity index (χ2v) is 3.52. The van der Waals surface area contributed by atoms with Crippen molar-refractivity contribution in [3.05, 3.63) is 10.2 Å². The number of hydrogen-bond acceptors (Lipinski definition) is 0. The number of allylic oxidation sites excluding steroid dienone is 1. The second-order valence-electron chi connectivity index (χ2n) is 2.14. The first-order valence-electron chi connectivity index (χ1n) is 3.02. The van der Waals surface area contributed by atoms with Crippen LogP contribution < -0.4 is 0 Å². The average Bonchev–Trinajstić information content (AvgIpc) is 1.67. The maximum absolute atomic E-state index is 3.86. The largest absolute Gasteiger partial charge is 0.0894 e. The molecule has 0 aliphatic rings. The molecule has 1 unspecified atom stereocenters. The summed E-state index contributed by atoms with van der Waals surface area (Å²) in [5.74, 6) is 0.709. The number of hydrogen-bond donors (Lipinski definition) is 0. The van der Waals surface area contributed by atoms with Gasteiger partial charge in [0.2, 0.25) is 0 Å². The van der Waals surface area contributed by atoms with Gasteiger partial charge in [-0.05, 0) is 38.5 Å². The molecule has 0 nitrogen and oxygen atoms in total. The highest BCUT2D eigenvalue weighted by molar-refractivity contribution is 14.1. The lowest BCUT2D eigenvalue weighted by Crippen LogP contribution is -1.90. The monoisotopic (exact) mass is 224 g/mol. The molecular weight excluding hydrogens is 211 g/mol. The van der Waals surface area contributed by atoms with Crippen LogP contribution in [0.1, 0.15) is 26.7 Å². The Hall–Kier alpha value is 0.470. The Kier molecular flexibility index (Phi) is 4.61. The van der Waals surface area contributed by atoms with Crippen molar-refractivity contribution in [2.45, 2.75) is 26.7 Å². The minimum absolute atomic E-state index is 0.709. The molecule has 0 radical (unpaired) electrons. The first-order chi connectivity index (χ1) is 3.68. The third kappa shape index (κ3) is 3.47. The van der Waals surface area contributed by atoms with Crippen molar-refractivity contribution in [2.75, 3.05) is 0 Å². The van der Waals surface area contributed by atoms with Crippen LogP contribution in [0.25, 0.3) is 0 Å². The molecule has 0 heterocycles. The standard InChI is InChI=1S/C7H13I/c1-4-5-6(2)7(3)8/h6H,3-5H2,1-2H3. The van der Waals surface area contributed by atoms with Gasteiger partial charge in [-0.3, -0.25) is 0 Å². The zero-order valence-corrected chi connectivity index (χ0v) is 7.73. The highest BCUT2D eigenvalue weighted by atomic mass is 127. The smallest absolute Gasteiger partial charge is 0.0138 e. The summed E-state index contributed by atoms with van der Waals surface area (Å²) in [5.41, 5.74) is 0. The molecule has 0 amide bonds. The quantitative estimate of drug-likeness (QED) is 0.644. The Morgan fingerprint density at radius 2 is 2.25 bits per heavy atom. The van der Waals surface area contributed by atoms with Crippen molar-refractivity contribution >= 4 is 22.6 Å². The lowest BCUT2D eigenvalue weighted by molar-refractivity contribution is 0.632. The second kappa shape index (κ2) is 4.36. The van der Waals surface area contributed by atoms with Crippen molar-refractivity contribution < 1.29 is 0 Å². The molecule has 0 aliphatic carbocycles. The molecule has 0 aromatic rings. The Balaban J connectivity index is 3.32. The zero-order chi connectivity index (χ0) is 6.57. The molecule has 0 rings (SSSR count). The minimum Gasteiger partial charge on any atom is -0.0894 e. The SMILES string of the molecule is C=C(I)C(C)CCC. The summed E-state index contributed by atoms with van der Waals surface area (Å²) in [6.45, 7) is 8.29. The molecule has 0 aliphatic heterocycles. The molecule has 0 spiro atoms. The predicted molar refractivity (Wildman–Crippen MR) is 47.2 cm³/mol. The van der Waals surface area contributed by atoms with E-state index in [1.165, 1.54) is 16.4 Å². The Labute approximate surface area is 65.5 Å². The van der Waals surface area contributed by atoms with Crippen LogP contribution in [0.15, 0.2) is 10.2 Å². The summed E-state index contributed by atoms with van der Waals surface area (Å²) < 4.78 is 1.28. The summed E-state index contributed by atoms with van der Waals surface area (Å²) >= 11 is 2.30. The average molecular weight is 224 g/mol. The summed E-state index contributed by atoms with van der Waals surface area (Å²) in [5, 5.41) is 0. The van der Waals surface area contributed by atoms with Gasteiger partial charge in [0.1, 0.15) is 0 Å². The van der Waals surface area contributed by atoms with Crippen LogP contribution in [-0.4, -0.2) is 0 Å². The zero-order valence-electron chi connectivity index (χ0n) is 5.58. The molecule has 0 saturated heterocycles. The van der Waals surface area contributed by atoms with E-state index in [4.69, 9.17) is 0 Å². The number of rotatable bonds is 3. The highest BCUT2D eigenvalue weighted by Crippen LogP contribution is 2.19. The first kappa shape index (κ1) is 8.47. The molecule has 0 aromatic carbocycles. The summed E-state index contributed by atoms with van der Waals surface area (Å²) in [6, 6.07) is 0. The van der Waals surface area contributed by atoms with Crippen molar-refractivity contribution in [1.82, 2.24) is 0 Å². The molecule has 48 valence electrons. The van der Waals surface area contributed by atoms with Crippen molar-refractivity contribution in [1.29, 1.82) is 0 Å². The van der Waals surface area contributed by atoms with E-state index >= 15 is 0 Å². The van der Waals surface area contributed by atoms with E-state index < -0.39 is 0 Å². The molecule has 0 saturated carbocycles. The minimum atomic E-state index is 0.709. The predicted octanol–water partition coefficient (Wildman–Crippen LogP) is 3.37. The number of halogens is 1. The van der Waals surface area contributed by atoms with Gasteiger partial charge in [0.25, 0.3) is 0 Å². The van der Waals surface area contributed by atoms with E-state index in [1.807, 2.05) is 0 Å². The molecule has 1 atom stereocenters. The molecule has 0 aromatic heterocycles. The molecule has 0 N–H and O–H groups in total. The Morgan fingerprint density at radius 3 is 2.38 bits per heavy atom. The van der Waals surface area contributed by atoms with Crippen molar-refractivity contribution in [3.63, 3.8) is 0 Å². The van der Waals surface area contributed by atoms with E-state index in [0.29, 0.717) is 5.92 Å². The first-order valence-corrected chi connectivity index (χ1v) is 4.10. The van der Waals surface area contributed by atoms with Gasteiger partial charge in [0.15, 0.2) is 0 Å². The third-order valence-corrected chi connectivity index (χ3v) is 2.32. The van der Waals surface area contributed by atoms with Crippen LogP contribution in [0.2, 0.25) is 0 Å². The topological polar surface area (TPSA) is 0 Å². The fraction of sp³-hybridized carbons (Fsp3) is 0.714. The van der Waals surface area contributed by atoms with Gasteiger partial charge in [-0.2, -0.15) is 0 Å². The van der Waals surface area contributed by atoms with Gasteiger partial charge < -0.3 is 0 Å². The van der Waals surface area contributed by atoms with Crippen molar-refractivity contribution in [2.24, 2.45) is 5.92 Å². The van der Waals surface area contributed by atoms with Crippen molar-refractivity contribution in [3.8, 4) is 0 Å². The van der Waals surface area contributed by atoms with Crippen LogP contribution in [0.3, 0.4) is 0 Å². The van der Waals surface area contributed by atoms with Crippen LogP contribution in [-0.2, 0) is 0 Å². The lowest BCUT2D eigenvalue weighted by Gasteiger charge is -2.05. The van der Waals surface area contributed by atoms with Crippen LogP contribution >= 0.6 is 22.6 Å². The van der Waals surface area contributed by atoms with Gasteiger partial charge in [-0.15, -0.1) is 0 Å². The molecular formula is C7H13I. The Bertz CT molecular complexity index is 76.5. The third-order valence-electron chi connectivity index (χ3n) is 1.26. The van der Waals surface area contributed by atoms with E-state index in [0.717, 1.165) is 0 Å². The highest BCUT2D eigenvalue weighted by Gasteiger charge is 1.99. The molecule has 1 heteroatoms. The van der Waals surface area contributed by atoms with E-state index in [9.17, 15) is 0 Å². The van der Waals surface area contributed by atoms with Gasteiger partial charge in [-0.25, -0.2) is 0 Å². The molecule has 0 bridgehead atoms. The van der Waals surface area contributed by atoms with Crippen LogP contribution in [0, 0.1) is 5.92 Å². The summed E-state index contributed by atoms with van der Waals surface area (Å²) in [6.07, 6.45) is 2.55. The van der Waals surface area contributed by atoms with Crippen LogP contribution in [0.4, 0.5) is 0 Å². The van der Waals surface area contributed by atoms with Gasteiger partial charge in [0, 0.05) is 0 Å². The fourth-order valence-electron chi connectivity index (χ4n) is 0.590. The van der Waals surface area contributed by atoms with E-state index in [-0.39, 0.29) is 0 Å². The fourth-order valence-corrected chi connectivity index (χ4v) is 0.901.